The highest BCUT2D eigenvalue weighted by Crippen LogP contribution is 2.18. The number of imidazole rings is 1. The van der Waals surface area contributed by atoms with Gasteiger partial charge in [0.05, 0.1) is 10.8 Å². The smallest absolute Gasteiger partial charge is 0.277 e. The fraction of sp³-hybridized carbons (Fsp3) is 0.182. The quantitative estimate of drug-likeness (QED) is 0.890. The van der Waals surface area contributed by atoms with Gasteiger partial charge in [-0.15, -0.1) is 0 Å². The third kappa shape index (κ3) is 2.93. The van der Waals surface area contributed by atoms with Crippen LogP contribution in [0.15, 0.2) is 35.3 Å². The van der Waals surface area contributed by atoms with E-state index in [1.807, 2.05) is 0 Å². The Kier molecular flexibility index (Phi) is 4.06. The van der Waals surface area contributed by atoms with E-state index in [4.69, 9.17) is 5.73 Å². The lowest BCUT2D eigenvalue weighted by Crippen LogP contribution is -2.14. The number of pyridine rings is 1. The zero-order valence-electron chi connectivity index (χ0n) is 9.51. The normalized spacial score (nSPS) is 10.3. The molecular formula is C11H12BrN5O. The molecule has 18 heavy (non-hydrogen) atoms. The summed E-state index contributed by atoms with van der Waals surface area (Å²) in [6.07, 6.45) is 4.83. The molecule has 94 valence electrons. The third-order valence-corrected chi connectivity index (χ3v) is 2.88. The lowest BCUT2D eigenvalue weighted by molar-refractivity contribution is 0.102. The van der Waals surface area contributed by atoms with Crippen molar-refractivity contribution in [2.75, 3.05) is 11.9 Å². The molecule has 0 saturated carbocycles. The minimum Gasteiger partial charge on any atom is -0.335 e. The van der Waals surface area contributed by atoms with Gasteiger partial charge in [-0.2, -0.15) is 0 Å². The van der Waals surface area contributed by atoms with Crippen LogP contribution in [-0.2, 0) is 6.54 Å². The second-order valence-corrected chi connectivity index (χ2v) is 4.43. The Morgan fingerprint density at radius 2 is 2.33 bits per heavy atom. The van der Waals surface area contributed by atoms with Crippen LogP contribution in [0.5, 0.6) is 0 Å². The van der Waals surface area contributed by atoms with Gasteiger partial charge in [0.2, 0.25) is 0 Å². The summed E-state index contributed by atoms with van der Waals surface area (Å²) in [6, 6.07) is 3.57. The van der Waals surface area contributed by atoms with Crippen LogP contribution in [0.2, 0.25) is 0 Å². The Morgan fingerprint density at radius 1 is 1.50 bits per heavy atom. The zero-order chi connectivity index (χ0) is 13.0. The van der Waals surface area contributed by atoms with E-state index in [0.29, 0.717) is 24.6 Å². The predicted octanol–water partition coefficient (Wildman–Crippen LogP) is 1.25. The van der Waals surface area contributed by atoms with Crippen LogP contribution in [0.25, 0.3) is 0 Å². The Labute approximate surface area is 112 Å². The molecule has 0 atom stereocenters. The maximum absolute atomic E-state index is 11.9. The number of anilines is 1. The lowest BCUT2D eigenvalue weighted by atomic mass is 10.4. The van der Waals surface area contributed by atoms with Gasteiger partial charge in [-0.25, -0.2) is 9.97 Å². The van der Waals surface area contributed by atoms with Crippen LogP contribution in [0.3, 0.4) is 0 Å². The van der Waals surface area contributed by atoms with Crippen molar-refractivity contribution < 1.29 is 4.79 Å². The highest BCUT2D eigenvalue weighted by molar-refractivity contribution is 9.10. The molecule has 2 heterocycles. The molecule has 7 heteroatoms. The molecule has 0 aliphatic carbocycles. The number of carbonyl (C=O) groups is 1. The van der Waals surface area contributed by atoms with Gasteiger partial charge in [-0.1, -0.05) is 0 Å². The van der Waals surface area contributed by atoms with E-state index in [1.165, 1.54) is 0 Å². The van der Waals surface area contributed by atoms with Crippen LogP contribution in [0.4, 0.5) is 5.82 Å². The molecular weight excluding hydrogens is 298 g/mol. The Hall–Kier alpha value is -1.73. The highest BCUT2D eigenvalue weighted by Gasteiger charge is 2.11. The zero-order valence-corrected chi connectivity index (χ0v) is 11.1. The molecule has 3 N–H and O–H groups in total. The molecule has 0 fully saturated rings. The van der Waals surface area contributed by atoms with Crippen molar-refractivity contribution in [3.05, 3.63) is 41.0 Å². The van der Waals surface area contributed by atoms with Crippen LogP contribution in [-0.4, -0.2) is 27.0 Å². The minimum atomic E-state index is -0.301. The summed E-state index contributed by atoms with van der Waals surface area (Å²) in [5.41, 5.74) is 5.76. The van der Waals surface area contributed by atoms with E-state index in [0.717, 1.165) is 4.47 Å². The van der Waals surface area contributed by atoms with Crippen molar-refractivity contribution in [3.63, 3.8) is 0 Å². The number of carbonyl (C=O) groups excluding carboxylic acids is 1. The first-order valence-electron chi connectivity index (χ1n) is 5.34. The third-order valence-electron chi connectivity index (χ3n) is 2.24. The monoisotopic (exact) mass is 309 g/mol. The highest BCUT2D eigenvalue weighted by atomic mass is 79.9. The van der Waals surface area contributed by atoms with Crippen molar-refractivity contribution in [2.24, 2.45) is 5.73 Å². The molecule has 1 amide bonds. The van der Waals surface area contributed by atoms with Crippen LogP contribution in [0.1, 0.15) is 10.5 Å². The fourth-order valence-corrected chi connectivity index (χ4v) is 1.75. The maximum atomic E-state index is 11.9. The maximum Gasteiger partial charge on any atom is 0.277 e. The van der Waals surface area contributed by atoms with Gasteiger partial charge in [0, 0.05) is 25.5 Å². The van der Waals surface area contributed by atoms with Gasteiger partial charge >= 0.3 is 0 Å². The Balaban J connectivity index is 2.10. The van der Waals surface area contributed by atoms with E-state index in [1.54, 1.807) is 35.4 Å². The number of rotatable bonds is 4. The molecule has 0 spiro atoms. The lowest BCUT2D eigenvalue weighted by Gasteiger charge is -2.03. The predicted molar refractivity (Wildman–Crippen MR) is 71.2 cm³/mol. The first-order chi connectivity index (χ1) is 8.70. The number of halogens is 1. The van der Waals surface area contributed by atoms with E-state index in [2.05, 4.69) is 31.2 Å². The standard InChI is InChI=1S/C11H12BrN5O/c12-8-2-1-4-14-10(8)16-11(18)9-6-17(5-3-13)7-15-9/h1-2,4,6-7H,3,5,13H2,(H,14,16,18). The number of hydrogen-bond acceptors (Lipinski definition) is 4. The summed E-state index contributed by atoms with van der Waals surface area (Å²) in [5.74, 6) is 0.168. The van der Waals surface area contributed by atoms with Gasteiger partial charge in [0.1, 0.15) is 11.5 Å². The molecule has 0 unspecified atom stereocenters. The number of hydrogen-bond donors (Lipinski definition) is 2. The minimum absolute atomic E-state index is 0.301. The number of nitrogens with zero attached hydrogens (tertiary/aromatic N) is 3. The van der Waals surface area contributed by atoms with E-state index in [-0.39, 0.29) is 5.91 Å². The van der Waals surface area contributed by atoms with Crippen molar-refractivity contribution in [2.45, 2.75) is 6.54 Å². The summed E-state index contributed by atoms with van der Waals surface area (Å²) in [6.45, 7) is 1.14. The molecule has 2 aromatic rings. The van der Waals surface area contributed by atoms with Gasteiger partial charge in [0.25, 0.3) is 5.91 Å². The van der Waals surface area contributed by atoms with E-state index in [9.17, 15) is 4.79 Å². The fourth-order valence-electron chi connectivity index (χ4n) is 1.40. The summed E-state index contributed by atoms with van der Waals surface area (Å²) in [5, 5.41) is 2.68. The first kappa shape index (κ1) is 12.7. The molecule has 6 nitrogen and oxygen atoms in total. The number of aromatic nitrogens is 3. The topological polar surface area (TPSA) is 85.8 Å². The van der Waals surface area contributed by atoms with E-state index >= 15 is 0 Å². The van der Waals surface area contributed by atoms with Gasteiger partial charge in [-0.3, -0.25) is 4.79 Å². The van der Waals surface area contributed by atoms with Crippen LogP contribution < -0.4 is 11.1 Å². The van der Waals surface area contributed by atoms with Crippen LogP contribution >= 0.6 is 15.9 Å². The molecule has 0 bridgehead atoms. The average Bonchev–Trinajstić information content (AvgIpc) is 2.81. The second-order valence-electron chi connectivity index (χ2n) is 3.57. The summed E-state index contributed by atoms with van der Waals surface area (Å²) < 4.78 is 2.49. The molecule has 0 radical (unpaired) electrons. The van der Waals surface area contributed by atoms with Crippen molar-refractivity contribution in [1.29, 1.82) is 0 Å². The van der Waals surface area contributed by atoms with Crippen LogP contribution in [0, 0.1) is 0 Å². The summed E-state index contributed by atoms with van der Waals surface area (Å²) >= 11 is 3.31. The van der Waals surface area contributed by atoms with Gasteiger partial charge < -0.3 is 15.6 Å². The Bertz CT molecular complexity index is 554. The largest absolute Gasteiger partial charge is 0.335 e. The molecule has 0 aromatic carbocycles. The molecule has 0 aliphatic rings. The van der Waals surface area contributed by atoms with Crippen molar-refractivity contribution in [1.82, 2.24) is 14.5 Å². The number of nitrogens with one attached hydrogen (secondary N) is 1. The molecule has 2 rings (SSSR count). The average molecular weight is 310 g/mol. The molecule has 2 aromatic heterocycles. The van der Waals surface area contributed by atoms with Gasteiger partial charge in [-0.05, 0) is 28.1 Å². The SMILES string of the molecule is NCCn1cnc(C(=O)Nc2ncccc2Br)c1. The second kappa shape index (κ2) is 5.74. The van der Waals surface area contributed by atoms with Crippen molar-refractivity contribution >= 4 is 27.7 Å². The summed E-state index contributed by atoms with van der Waals surface area (Å²) in [4.78, 5) is 20.0. The number of amides is 1. The summed E-state index contributed by atoms with van der Waals surface area (Å²) in [7, 11) is 0. The van der Waals surface area contributed by atoms with Gasteiger partial charge in [0.15, 0.2) is 0 Å². The number of nitrogens with two attached hydrogens (primary N) is 1. The first-order valence-corrected chi connectivity index (χ1v) is 6.13. The molecule has 0 aliphatic heterocycles. The molecule has 0 saturated heterocycles. The van der Waals surface area contributed by atoms with E-state index < -0.39 is 0 Å². The Morgan fingerprint density at radius 3 is 3.06 bits per heavy atom. The van der Waals surface area contributed by atoms with Crippen molar-refractivity contribution in [3.8, 4) is 0 Å².